The van der Waals surface area contributed by atoms with Gasteiger partial charge in [0.15, 0.2) is 0 Å². The maximum atomic E-state index is 13.0. The van der Waals surface area contributed by atoms with Crippen molar-refractivity contribution in [2.75, 3.05) is 31.1 Å². The van der Waals surface area contributed by atoms with Crippen LogP contribution in [0.1, 0.15) is 21.5 Å². The minimum absolute atomic E-state index is 0.0240. The summed E-state index contributed by atoms with van der Waals surface area (Å²) in [5.74, 6) is 0.561. The topological polar surface area (TPSA) is 73.8 Å². The molecule has 2 fully saturated rings. The molecule has 2 aliphatic rings. The SMILES string of the molecule is O=C(c1ccc(/C=C2\SC(=O)N(Cc3cccc(Cl)c3)C2=O)cc1)N1CCN(c2ccccn2)CC1. The smallest absolute Gasteiger partial charge is 0.293 e. The Bertz CT molecular complexity index is 1320. The van der Waals surface area contributed by atoms with Crippen LogP contribution in [0.3, 0.4) is 0 Å². The van der Waals surface area contributed by atoms with Crippen LogP contribution < -0.4 is 4.90 Å². The van der Waals surface area contributed by atoms with Crippen molar-refractivity contribution in [2.45, 2.75) is 6.54 Å². The average Bonchev–Trinajstić information content (AvgIpc) is 3.16. The van der Waals surface area contributed by atoms with E-state index in [0.717, 1.165) is 41.8 Å². The summed E-state index contributed by atoms with van der Waals surface area (Å²) in [6.45, 7) is 2.87. The van der Waals surface area contributed by atoms with E-state index in [2.05, 4.69) is 9.88 Å². The number of imide groups is 1. The van der Waals surface area contributed by atoms with E-state index in [1.807, 2.05) is 29.2 Å². The third-order valence-electron chi connectivity index (χ3n) is 6.10. The number of hydrogen-bond donors (Lipinski definition) is 0. The van der Waals surface area contributed by atoms with Gasteiger partial charge in [-0.25, -0.2) is 4.98 Å². The lowest BCUT2D eigenvalue weighted by molar-refractivity contribution is -0.123. The number of carbonyl (C=O) groups is 3. The molecule has 9 heteroatoms. The molecule has 5 rings (SSSR count). The van der Waals surface area contributed by atoms with E-state index in [1.165, 1.54) is 4.90 Å². The lowest BCUT2D eigenvalue weighted by Gasteiger charge is -2.35. The molecule has 3 heterocycles. The number of hydrogen-bond acceptors (Lipinski definition) is 6. The zero-order valence-electron chi connectivity index (χ0n) is 19.3. The van der Waals surface area contributed by atoms with E-state index in [9.17, 15) is 14.4 Å². The number of carbonyl (C=O) groups excluding carboxylic acids is 3. The van der Waals surface area contributed by atoms with Gasteiger partial charge in [-0.3, -0.25) is 19.3 Å². The van der Waals surface area contributed by atoms with E-state index in [0.29, 0.717) is 28.6 Å². The second-order valence-corrected chi connectivity index (χ2v) is 9.92. The number of piperazine rings is 1. The number of benzene rings is 2. The van der Waals surface area contributed by atoms with Gasteiger partial charge in [0.1, 0.15) is 5.82 Å². The Morgan fingerprint density at radius 1 is 0.972 bits per heavy atom. The number of rotatable bonds is 5. The second-order valence-electron chi connectivity index (χ2n) is 8.49. The summed E-state index contributed by atoms with van der Waals surface area (Å²) in [5, 5.41) is 0.239. The molecule has 3 amide bonds. The van der Waals surface area contributed by atoms with Crippen molar-refractivity contribution in [1.82, 2.24) is 14.8 Å². The number of pyridine rings is 1. The Balaban J connectivity index is 1.21. The molecule has 36 heavy (non-hydrogen) atoms. The summed E-state index contributed by atoms with van der Waals surface area (Å²) in [6.07, 6.45) is 3.46. The lowest BCUT2D eigenvalue weighted by Crippen LogP contribution is -2.49. The number of thioether (sulfide) groups is 1. The fourth-order valence-electron chi connectivity index (χ4n) is 4.19. The standard InChI is InChI=1S/C27H23ClN4O3S/c28-22-5-3-4-20(16-22)18-32-26(34)23(36-27(32)35)17-19-7-9-21(10-8-19)25(33)31-14-12-30(13-15-31)24-6-1-2-11-29-24/h1-11,16-17H,12-15,18H2/b23-17-. The van der Waals surface area contributed by atoms with Gasteiger partial charge < -0.3 is 9.80 Å². The number of nitrogens with zero attached hydrogens (tertiary/aromatic N) is 4. The fraction of sp³-hybridized carbons (Fsp3) is 0.185. The highest BCUT2D eigenvalue weighted by atomic mass is 35.5. The Kier molecular flexibility index (Phi) is 7.06. The molecular formula is C27H23ClN4O3S. The molecule has 0 unspecified atom stereocenters. The molecule has 7 nitrogen and oxygen atoms in total. The first-order valence-electron chi connectivity index (χ1n) is 11.5. The first-order valence-corrected chi connectivity index (χ1v) is 12.7. The predicted octanol–water partition coefficient (Wildman–Crippen LogP) is 4.93. The maximum Gasteiger partial charge on any atom is 0.293 e. The minimum Gasteiger partial charge on any atom is -0.353 e. The molecule has 2 saturated heterocycles. The molecule has 2 aliphatic heterocycles. The molecule has 0 bridgehead atoms. The van der Waals surface area contributed by atoms with Gasteiger partial charge in [-0.1, -0.05) is 41.9 Å². The number of anilines is 1. The summed E-state index contributed by atoms with van der Waals surface area (Å²) in [7, 11) is 0. The maximum absolute atomic E-state index is 13.0. The van der Waals surface area contributed by atoms with Crippen LogP contribution in [-0.4, -0.2) is 58.0 Å². The second kappa shape index (κ2) is 10.6. The van der Waals surface area contributed by atoms with Crippen LogP contribution in [0.25, 0.3) is 6.08 Å². The van der Waals surface area contributed by atoms with Crippen molar-refractivity contribution in [2.24, 2.45) is 0 Å². The van der Waals surface area contributed by atoms with Crippen molar-refractivity contribution >= 4 is 52.3 Å². The van der Waals surface area contributed by atoms with Crippen LogP contribution >= 0.6 is 23.4 Å². The molecule has 3 aromatic rings. The van der Waals surface area contributed by atoms with Crippen molar-refractivity contribution in [1.29, 1.82) is 0 Å². The molecule has 0 N–H and O–H groups in total. The highest BCUT2D eigenvalue weighted by molar-refractivity contribution is 8.18. The largest absolute Gasteiger partial charge is 0.353 e. The minimum atomic E-state index is -0.337. The first kappa shape index (κ1) is 24.1. The van der Waals surface area contributed by atoms with Crippen LogP contribution in [0.4, 0.5) is 10.6 Å². The fourth-order valence-corrected chi connectivity index (χ4v) is 5.24. The molecular weight excluding hydrogens is 496 g/mol. The summed E-state index contributed by atoms with van der Waals surface area (Å²) in [5.41, 5.74) is 2.13. The Hall–Kier alpha value is -3.62. The Morgan fingerprint density at radius 3 is 2.44 bits per heavy atom. The molecule has 0 atom stereocenters. The molecule has 0 radical (unpaired) electrons. The van der Waals surface area contributed by atoms with E-state index in [1.54, 1.807) is 54.7 Å². The number of amides is 3. The van der Waals surface area contributed by atoms with Crippen molar-refractivity contribution in [3.05, 3.63) is 99.5 Å². The van der Waals surface area contributed by atoms with Gasteiger partial charge in [-0.05, 0) is 65.4 Å². The number of aromatic nitrogens is 1. The van der Waals surface area contributed by atoms with Crippen LogP contribution in [0.5, 0.6) is 0 Å². The highest BCUT2D eigenvalue weighted by Crippen LogP contribution is 2.33. The van der Waals surface area contributed by atoms with Gasteiger partial charge in [-0.15, -0.1) is 0 Å². The molecule has 0 saturated carbocycles. The predicted molar refractivity (Wildman–Crippen MR) is 142 cm³/mol. The van der Waals surface area contributed by atoms with Crippen molar-refractivity contribution in [3.63, 3.8) is 0 Å². The van der Waals surface area contributed by atoms with Gasteiger partial charge >= 0.3 is 0 Å². The zero-order chi connectivity index (χ0) is 25.1. The number of halogens is 1. The van der Waals surface area contributed by atoms with E-state index in [-0.39, 0.29) is 23.6 Å². The first-order chi connectivity index (χ1) is 17.5. The van der Waals surface area contributed by atoms with Gasteiger partial charge in [0.2, 0.25) is 0 Å². The van der Waals surface area contributed by atoms with Gasteiger partial charge in [-0.2, -0.15) is 0 Å². The third-order valence-corrected chi connectivity index (χ3v) is 7.24. The summed E-state index contributed by atoms with van der Waals surface area (Å²) >= 11 is 6.93. The van der Waals surface area contributed by atoms with Crippen molar-refractivity contribution < 1.29 is 14.4 Å². The molecule has 0 aliphatic carbocycles. The van der Waals surface area contributed by atoms with E-state index >= 15 is 0 Å². The van der Waals surface area contributed by atoms with Gasteiger partial charge in [0.25, 0.3) is 17.1 Å². The quantitative estimate of drug-likeness (QED) is 0.446. The summed E-state index contributed by atoms with van der Waals surface area (Å²) in [4.78, 5) is 48.2. The third kappa shape index (κ3) is 5.29. The van der Waals surface area contributed by atoms with Gasteiger partial charge in [0, 0.05) is 43.0 Å². The summed E-state index contributed by atoms with van der Waals surface area (Å²) in [6, 6.07) is 20.0. The monoisotopic (exact) mass is 518 g/mol. The lowest BCUT2D eigenvalue weighted by atomic mass is 10.1. The normalized spacial score (nSPS) is 17.2. The van der Waals surface area contributed by atoms with Crippen molar-refractivity contribution in [3.8, 4) is 0 Å². The summed E-state index contributed by atoms with van der Waals surface area (Å²) < 4.78 is 0. The highest BCUT2D eigenvalue weighted by Gasteiger charge is 2.35. The molecule has 0 spiro atoms. The average molecular weight is 519 g/mol. The molecule has 1 aromatic heterocycles. The van der Waals surface area contributed by atoms with Gasteiger partial charge in [0.05, 0.1) is 11.4 Å². The zero-order valence-corrected chi connectivity index (χ0v) is 20.9. The molecule has 2 aromatic carbocycles. The van der Waals surface area contributed by atoms with Crippen LogP contribution in [0, 0.1) is 0 Å². The van der Waals surface area contributed by atoms with Crippen LogP contribution in [0.2, 0.25) is 5.02 Å². The van der Waals surface area contributed by atoms with Crippen LogP contribution in [-0.2, 0) is 11.3 Å². The van der Waals surface area contributed by atoms with E-state index in [4.69, 9.17) is 11.6 Å². The van der Waals surface area contributed by atoms with Crippen LogP contribution in [0.15, 0.2) is 77.8 Å². The van der Waals surface area contributed by atoms with E-state index < -0.39 is 0 Å². The molecule has 182 valence electrons. The Labute approximate surface area is 218 Å². The Morgan fingerprint density at radius 2 is 1.75 bits per heavy atom.